The van der Waals surface area contributed by atoms with Crippen molar-refractivity contribution in [3.05, 3.63) is 101 Å². The quantitative estimate of drug-likeness (QED) is 0.465. The maximum atomic E-state index is 13.2. The highest BCUT2D eigenvalue weighted by atomic mass is 16.1. The van der Waals surface area contributed by atoms with Gasteiger partial charge in [-0.2, -0.15) is 0 Å². The molecule has 0 saturated heterocycles. The average Bonchev–Trinajstić information content (AvgIpc) is 2.69. The Morgan fingerprint density at radius 2 is 1.54 bits per heavy atom. The SMILES string of the molecule is CCc1cccc(C)c1NC(=O)C(=Cc1ccccc1)c1ccccc1. The molecule has 0 unspecified atom stereocenters. The second kappa shape index (κ2) is 8.30. The van der Waals surface area contributed by atoms with E-state index in [1.54, 1.807) is 0 Å². The van der Waals surface area contributed by atoms with Crippen LogP contribution in [-0.4, -0.2) is 5.91 Å². The van der Waals surface area contributed by atoms with E-state index in [1.807, 2.05) is 85.8 Å². The summed E-state index contributed by atoms with van der Waals surface area (Å²) >= 11 is 0. The molecule has 2 heteroatoms. The lowest BCUT2D eigenvalue weighted by atomic mass is 10.0. The monoisotopic (exact) mass is 341 g/mol. The van der Waals surface area contributed by atoms with Crippen molar-refractivity contribution in [1.82, 2.24) is 0 Å². The summed E-state index contributed by atoms with van der Waals surface area (Å²) < 4.78 is 0. The summed E-state index contributed by atoms with van der Waals surface area (Å²) in [4.78, 5) is 13.2. The lowest BCUT2D eigenvalue weighted by Gasteiger charge is -2.15. The highest BCUT2D eigenvalue weighted by Gasteiger charge is 2.15. The van der Waals surface area contributed by atoms with E-state index in [2.05, 4.69) is 18.3 Å². The lowest BCUT2D eigenvalue weighted by molar-refractivity contribution is -0.111. The van der Waals surface area contributed by atoms with E-state index in [9.17, 15) is 4.79 Å². The van der Waals surface area contributed by atoms with Crippen molar-refractivity contribution in [2.24, 2.45) is 0 Å². The Bertz CT molecular complexity index is 911. The van der Waals surface area contributed by atoms with Gasteiger partial charge in [-0.3, -0.25) is 4.79 Å². The Morgan fingerprint density at radius 3 is 2.19 bits per heavy atom. The van der Waals surface area contributed by atoms with Gasteiger partial charge in [-0.15, -0.1) is 0 Å². The molecule has 0 saturated carbocycles. The number of aryl methyl sites for hydroxylation is 2. The van der Waals surface area contributed by atoms with Crippen molar-refractivity contribution in [2.45, 2.75) is 20.3 Å². The molecule has 0 aromatic heterocycles. The molecular formula is C24H23NO. The first-order valence-electron chi connectivity index (χ1n) is 8.91. The zero-order chi connectivity index (χ0) is 18.4. The van der Waals surface area contributed by atoms with Crippen LogP contribution in [0, 0.1) is 6.92 Å². The molecule has 2 nitrogen and oxygen atoms in total. The van der Waals surface area contributed by atoms with Gasteiger partial charge in [0.2, 0.25) is 0 Å². The first-order valence-corrected chi connectivity index (χ1v) is 8.91. The molecule has 1 amide bonds. The predicted molar refractivity (Wildman–Crippen MR) is 110 cm³/mol. The molecule has 0 aliphatic carbocycles. The van der Waals surface area contributed by atoms with E-state index in [1.165, 1.54) is 0 Å². The Kier molecular flexibility index (Phi) is 5.65. The van der Waals surface area contributed by atoms with E-state index in [-0.39, 0.29) is 5.91 Å². The topological polar surface area (TPSA) is 29.1 Å². The molecule has 0 fully saturated rings. The maximum Gasteiger partial charge on any atom is 0.256 e. The molecule has 0 heterocycles. The number of hydrogen-bond acceptors (Lipinski definition) is 1. The summed E-state index contributed by atoms with van der Waals surface area (Å²) in [6, 6.07) is 25.8. The Hall–Kier alpha value is -3.13. The minimum Gasteiger partial charge on any atom is -0.321 e. The highest BCUT2D eigenvalue weighted by molar-refractivity contribution is 6.29. The lowest BCUT2D eigenvalue weighted by Crippen LogP contribution is -2.15. The van der Waals surface area contributed by atoms with E-state index < -0.39 is 0 Å². The standard InChI is InChI=1S/C24H23NO/c1-3-20-16-10-11-18(2)23(20)25-24(26)22(21-14-8-5-9-15-21)17-19-12-6-4-7-13-19/h4-17H,3H2,1-2H3,(H,25,26). The van der Waals surface area contributed by atoms with Gasteiger partial charge in [0.25, 0.3) is 5.91 Å². The molecule has 3 rings (SSSR count). The van der Waals surface area contributed by atoms with Crippen LogP contribution in [-0.2, 0) is 11.2 Å². The van der Waals surface area contributed by atoms with E-state index in [4.69, 9.17) is 0 Å². The van der Waals surface area contributed by atoms with Gasteiger partial charge in [0.15, 0.2) is 0 Å². The summed E-state index contributed by atoms with van der Waals surface area (Å²) in [6.07, 6.45) is 2.81. The summed E-state index contributed by atoms with van der Waals surface area (Å²) in [7, 11) is 0. The molecule has 0 radical (unpaired) electrons. The zero-order valence-electron chi connectivity index (χ0n) is 15.2. The molecular weight excluding hydrogens is 318 g/mol. The fraction of sp³-hybridized carbons (Fsp3) is 0.125. The van der Waals surface area contributed by atoms with Crippen molar-refractivity contribution in [3.63, 3.8) is 0 Å². The minimum absolute atomic E-state index is 0.0935. The van der Waals surface area contributed by atoms with Crippen molar-refractivity contribution in [3.8, 4) is 0 Å². The predicted octanol–water partition coefficient (Wildman–Crippen LogP) is 5.74. The van der Waals surface area contributed by atoms with Gasteiger partial charge >= 0.3 is 0 Å². The van der Waals surface area contributed by atoms with Crippen LogP contribution in [0.5, 0.6) is 0 Å². The van der Waals surface area contributed by atoms with E-state index in [0.29, 0.717) is 5.57 Å². The minimum atomic E-state index is -0.0935. The molecule has 26 heavy (non-hydrogen) atoms. The van der Waals surface area contributed by atoms with Gasteiger partial charge in [-0.25, -0.2) is 0 Å². The normalized spacial score (nSPS) is 11.2. The van der Waals surface area contributed by atoms with Crippen LogP contribution < -0.4 is 5.32 Å². The van der Waals surface area contributed by atoms with Crippen LogP contribution in [0.1, 0.15) is 29.2 Å². The molecule has 0 aliphatic heterocycles. The number of rotatable bonds is 5. The Balaban J connectivity index is 2.01. The van der Waals surface area contributed by atoms with E-state index in [0.717, 1.165) is 34.4 Å². The summed E-state index contributed by atoms with van der Waals surface area (Å²) in [5.41, 5.74) is 5.69. The molecule has 130 valence electrons. The summed E-state index contributed by atoms with van der Waals surface area (Å²) in [6.45, 7) is 4.13. The van der Waals surface area contributed by atoms with Crippen LogP contribution >= 0.6 is 0 Å². The number of hydrogen-bond donors (Lipinski definition) is 1. The fourth-order valence-corrected chi connectivity index (χ4v) is 3.00. The largest absolute Gasteiger partial charge is 0.321 e. The van der Waals surface area contributed by atoms with Crippen LogP contribution in [0.15, 0.2) is 78.9 Å². The first-order chi connectivity index (χ1) is 12.7. The van der Waals surface area contributed by atoms with Crippen LogP contribution in [0.2, 0.25) is 0 Å². The van der Waals surface area contributed by atoms with Crippen molar-refractivity contribution >= 4 is 23.2 Å². The van der Waals surface area contributed by atoms with E-state index >= 15 is 0 Å². The smallest absolute Gasteiger partial charge is 0.256 e. The number of benzene rings is 3. The first kappa shape index (κ1) is 17.7. The summed E-state index contributed by atoms with van der Waals surface area (Å²) in [5, 5.41) is 3.14. The highest BCUT2D eigenvalue weighted by Crippen LogP contribution is 2.25. The number of para-hydroxylation sites is 1. The van der Waals surface area contributed by atoms with Gasteiger partial charge in [0.05, 0.1) is 0 Å². The zero-order valence-corrected chi connectivity index (χ0v) is 15.2. The second-order valence-corrected chi connectivity index (χ2v) is 6.25. The number of carbonyl (C=O) groups is 1. The van der Waals surface area contributed by atoms with Crippen LogP contribution in [0.25, 0.3) is 11.6 Å². The number of nitrogens with one attached hydrogen (secondary N) is 1. The molecule has 3 aromatic rings. The van der Waals surface area contributed by atoms with Gasteiger partial charge in [0.1, 0.15) is 0 Å². The maximum absolute atomic E-state index is 13.2. The average molecular weight is 341 g/mol. The molecule has 0 aliphatic rings. The van der Waals surface area contributed by atoms with Crippen molar-refractivity contribution in [2.75, 3.05) is 5.32 Å². The van der Waals surface area contributed by atoms with Crippen molar-refractivity contribution < 1.29 is 4.79 Å². The van der Waals surface area contributed by atoms with Gasteiger partial charge < -0.3 is 5.32 Å². The van der Waals surface area contributed by atoms with Gasteiger partial charge in [0, 0.05) is 11.3 Å². The number of carbonyl (C=O) groups excluding carboxylic acids is 1. The number of amides is 1. The Labute approximate surface area is 155 Å². The third-order valence-electron chi connectivity index (χ3n) is 4.42. The van der Waals surface area contributed by atoms with Gasteiger partial charge in [-0.05, 0) is 41.7 Å². The molecule has 3 aromatic carbocycles. The number of anilines is 1. The fourth-order valence-electron chi connectivity index (χ4n) is 3.00. The second-order valence-electron chi connectivity index (χ2n) is 6.25. The van der Waals surface area contributed by atoms with Crippen LogP contribution in [0.4, 0.5) is 5.69 Å². The Morgan fingerprint density at radius 1 is 0.885 bits per heavy atom. The third-order valence-corrected chi connectivity index (χ3v) is 4.42. The van der Waals surface area contributed by atoms with Crippen LogP contribution in [0.3, 0.4) is 0 Å². The molecule has 0 atom stereocenters. The molecule has 1 N–H and O–H groups in total. The molecule has 0 bridgehead atoms. The van der Waals surface area contributed by atoms with Gasteiger partial charge in [-0.1, -0.05) is 85.8 Å². The van der Waals surface area contributed by atoms with Crippen molar-refractivity contribution in [1.29, 1.82) is 0 Å². The summed E-state index contributed by atoms with van der Waals surface area (Å²) in [5.74, 6) is -0.0935. The molecule has 0 spiro atoms. The third kappa shape index (κ3) is 4.09.